The van der Waals surface area contributed by atoms with Gasteiger partial charge < -0.3 is 14.8 Å². The summed E-state index contributed by atoms with van der Waals surface area (Å²) in [6.07, 6.45) is 2.02. The molecule has 0 aromatic heterocycles. The molecule has 0 heterocycles. The van der Waals surface area contributed by atoms with Crippen LogP contribution >= 0.6 is 12.2 Å². The zero-order valence-electron chi connectivity index (χ0n) is 16.0. The summed E-state index contributed by atoms with van der Waals surface area (Å²) >= 11 is 5.21. The molecule has 0 spiro atoms. The molecule has 0 aliphatic heterocycles. The molecule has 1 amide bonds. The molecular formula is C21H26N2O3S. The minimum atomic E-state index is -0.273. The summed E-state index contributed by atoms with van der Waals surface area (Å²) in [5, 5.41) is 5.90. The van der Waals surface area contributed by atoms with Crippen molar-refractivity contribution in [2.45, 2.75) is 39.7 Å². The Morgan fingerprint density at radius 1 is 1.04 bits per heavy atom. The molecule has 2 N–H and O–H groups in total. The molecule has 0 radical (unpaired) electrons. The number of anilines is 1. The van der Waals surface area contributed by atoms with Crippen LogP contribution in [0.3, 0.4) is 0 Å². The van der Waals surface area contributed by atoms with E-state index in [1.165, 1.54) is 0 Å². The lowest BCUT2D eigenvalue weighted by molar-refractivity contribution is 0.0977. The first kappa shape index (κ1) is 20.7. The van der Waals surface area contributed by atoms with Gasteiger partial charge in [-0.2, -0.15) is 0 Å². The Labute approximate surface area is 166 Å². The van der Waals surface area contributed by atoms with Gasteiger partial charge >= 0.3 is 0 Å². The molecule has 2 aromatic rings. The first-order chi connectivity index (χ1) is 13.0. The molecule has 2 rings (SSSR count). The van der Waals surface area contributed by atoms with E-state index < -0.39 is 0 Å². The number of hydrogen-bond acceptors (Lipinski definition) is 4. The van der Waals surface area contributed by atoms with E-state index in [0.717, 1.165) is 30.0 Å². The van der Waals surface area contributed by atoms with E-state index in [1.807, 2.05) is 31.2 Å². The second kappa shape index (κ2) is 10.5. The molecule has 5 nitrogen and oxygen atoms in total. The predicted octanol–water partition coefficient (Wildman–Crippen LogP) is 4.78. The van der Waals surface area contributed by atoms with E-state index in [1.54, 1.807) is 24.3 Å². The van der Waals surface area contributed by atoms with Gasteiger partial charge in [0.25, 0.3) is 5.91 Å². The van der Waals surface area contributed by atoms with Crippen LogP contribution in [0.4, 0.5) is 5.69 Å². The van der Waals surface area contributed by atoms with Crippen molar-refractivity contribution in [2.75, 3.05) is 11.9 Å². The number of amides is 1. The monoisotopic (exact) mass is 386 g/mol. The van der Waals surface area contributed by atoms with Gasteiger partial charge in [0.15, 0.2) is 5.11 Å². The number of rotatable bonds is 8. The molecule has 2 aromatic carbocycles. The third kappa shape index (κ3) is 6.90. The average molecular weight is 387 g/mol. The second-order valence-electron chi connectivity index (χ2n) is 6.14. The molecule has 0 fully saturated rings. The number of carbonyl (C=O) groups excluding carboxylic acids is 1. The fraction of sp³-hybridized carbons (Fsp3) is 0.333. The zero-order chi connectivity index (χ0) is 19.6. The first-order valence-corrected chi connectivity index (χ1v) is 9.54. The molecule has 0 saturated carbocycles. The Morgan fingerprint density at radius 2 is 1.67 bits per heavy atom. The number of nitrogens with one attached hydrogen (secondary N) is 2. The largest absolute Gasteiger partial charge is 0.494 e. The Balaban J connectivity index is 1.86. The van der Waals surface area contributed by atoms with Crippen LogP contribution in [-0.2, 0) is 0 Å². The van der Waals surface area contributed by atoms with Gasteiger partial charge in [0.05, 0.1) is 12.7 Å². The molecule has 1 unspecified atom stereocenters. The van der Waals surface area contributed by atoms with Crippen LogP contribution in [0, 0.1) is 0 Å². The van der Waals surface area contributed by atoms with Crippen molar-refractivity contribution in [3.8, 4) is 11.5 Å². The summed E-state index contributed by atoms with van der Waals surface area (Å²) in [5.74, 6) is 1.27. The lowest BCUT2D eigenvalue weighted by atomic mass is 10.2. The molecular weight excluding hydrogens is 360 g/mol. The van der Waals surface area contributed by atoms with Gasteiger partial charge in [-0.15, -0.1) is 0 Å². The van der Waals surface area contributed by atoms with Gasteiger partial charge in [-0.1, -0.05) is 13.8 Å². The van der Waals surface area contributed by atoms with Crippen LogP contribution < -0.4 is 20.1 Å². The Hall–Kier alpha value is -2.60. The van der Waals surface area contributed by atoms with E-state index in [4.69, 9.17) is 21.7 Å². The minimum absolute atomic E-state index is 0.139. The lowest BCUT2D eigenvalue weighted by Gasteiger charge is -2.13. The molecule has 144 valence electrons. The van der Waals surface area contributed by atoms with Gasteiger partial charge in [-0.25, -0.2) is 0 Å². The Morgan fingerprint density at radius 3 is 2.26 bits per heavy atom. The summed E-state index contributed by atoms with van der Waals surface area (Å²) in [6.45, 7) is 6.81. The molecule has 0 aliphatic rings. The third-order valence-corrected chi connectivity index (χ3v) is 4.04. The SMILES string of the molecule is CCCOc1ccc(NC(=S)NC(=O)c2ccc(OC(C)CC)cc2)cc1. The molecule has 6 heteroatoms. The van der Waals surface area contributed by atoms with E-state index in [-0.39, 0.29) is 17.1 Å². The maximum atomic E-state index is 12.3. The van der Waals surface area contributed by atoms with E-state index in [0.29, 0.717) is 12.2 Å². The maximum absolute atomic E-state index is 12.3. The number of benzene rings is 2. The number of carbonyl (C=O) groups is 1. The van der Waals surface area contributed by atoms with Gasteiger partial charge in [0.2, 0.25) is 0 Å². The fourth-order valence-corrected chi connectivity index (χ4v) is 2.40. The molecule has 27 heavy (non-hydrogen) atoms. The van der Waals surface area contributed by atoms with Crippen molar-refractivity contribution in [1.82, 2.24) is 5.32 Å². The highest BCUT2D eigenvalue weighted by Gasteiger charge is 2.09. The lowest BCUT2D eigenvalue weighted by Crippen LogP contribution is -2.34. The van der Waals surface area contributed by atoms with Crippen LogP contribution in [0.25, 0.3) is 0 Å². The number of ether oxygens (including phenoxy) is 2. The van der Waals surface area contributed by atoms with Crippen molar-refractivity contribution in [3.05, 3.63) is 54.1 Å². The van der Waals surface area contributed by atoms with E-state index >= 15 is 0 Å². The topological polar surface area (TPSA) is 59.6 Å². The Bertz CT molecular complexity index is 745. The van der Waals surface area contributed by atoms with Crippen LogP contribution in [0.1, 0.15) is 44.0 Å². The minimum Gasteiger partial charge on any atom is -0.494 e. The van der Waals surface area contributed by atoms with Crippen molar-refractivity contribution in [3.63, 3.8) is 0 Å². The predicted molar refractivity (Wildman–Crippen MR) is 113 cm³/mol. The number of hydrogen-bond donors (Lipinski definition) is 2. The van der Waals surface area contributed by atoms with Crippen molar-refractivity contribution < 1.29 is 14.3 Å². The first-order valence-electron chi connectivity index (χ1n) is 9.13. The smallest absolute Gasteiger partial charge is 0.257 e. The highest BCUT2D eigenvalue weighted by Crippen LogP contribution is 2.17. The summed E-state index contributed by atoms with van der Waals surface area (Å²) in [4.78, 5) is 12.3. The average Bonchev–Trinajstić information content (AvgIpc) is 2.67. The fourth-order valence-electron chi connectivity index (χ4n) is 2.19. The molecule has 0 saturated heterocycles. The van der Waals surface area contributed by atoms with Crippen molar-refractivity contribution in [1.29, 1.82) is 0 Å². The molecule has 0 aliphatic carbocycles. The van der Waals surface area contributed by atoms with E-state index in [2.05, 4.69) is 24.5 Å². The summed E-state index contributed by atoms with van der Waals surface area (Å²) < 4.78 is 11.2. The highest BCUT2D eigenvalue weighted by atomic mass is 32.1. The quantitative estimate of drug-likeness (QED) is 0.640. The standard InChI is InChI=1S/C21H26N2O3S/c1-4-14-25-18-12-8-17(9-13-18)22-21(27)23-20(24)16-6-10-19(11-7-16)26-15(3)5-2/h6-13,15H,4-5,14H2,1-3H3,(H2,22,23,24,27). The Kier molecular flexibility index (Phi) is 8.07. The summed E-state index contributed by atoms with van der Waals surface area (Å²) in [5.41, 5.74) is 1.29. The molecule has 1 atom stereocenters. The zero-order valence-corrected chi connectivity index (χ0v) is 16.8. The van der Waals surface area contributed by atoms with Crippen LogP contribution in [-0.4, -0.2) is 23.7 Å². The van der Waals surface area contributed by atoms with Crippen LogP contribution in [0.15, 0.2) is 48.5 Å². The van der Waals surface area contributed by atoms with Gasteiger partial charge in [0.1, 0.15) is 11.5 Å². The normalized spacial score (nSPS) is 11.4. The third-order valence-electron chi connectivity index (χ3n) is 3.84. The van der Waals surface area contributed by atoms with Crippen molar-refractivity contribution >= 4 is 28.9 Å². The van der Waals surface area contributed by atoms with Crippen LogP contribution in [0.2, 0.25) is 0 Å². The van der Waals surface area contributed by atoms with Gasteiger partial charge in [-0.05, 0) is 80.5 Å². The molecule has 0 bridgehead atoms. The second-order valence-corrected chi connectivity index (χ2v) is 6.55. The van der Waals surface area contributed by atoms with Crippen molar-refractivity contribution in [2.24, 2.45) is 0 Å². The number of thiocarbonyl (C=S) groups is 1. The van der Waals surface area contributed by atoms with Gasteiger partial charge in [0, 0.05) is 11.3 Å². The highest BCUT2D eigenvalue weighted by molar-refractivity contribution is 7.80. The summed E-state index contributed by atoms with van der Waals surface area (Å²) in [6, 6.07) is 14.4. The van der Waals surface area contributed by atoms with Crippen LogP contribution in [0.5, 0.6) is 11.5 Å². The summed E-state index contributed by atoms with van der Waals surface area (Å²) in [7, 11) is 0. The maximum Gasteiger partial charge on any atom is 0.257 e. The van der Waals surface area contributed by atoms with E-state index in [9.17, 15) is 4.79 Å². The van der Waals surface area contributed by atoms with Gasteiger partial charge in [-0.3, -0.25) is 10.1 Å².